The van der Waals surface area contributed by atoms with E-state index in [1.165, 1.54) is 0 Å². The molecule has 1 aromatic carbocycles. The topological polar surface area (TPSA) is 62.5 Å². The molecule has 0 atom stereocenters. The van der Waals surface area contributed by atoms with E-state index in [1.54, 1.807) is 13.1 Å². The second-order valence-corrected chi connectivity index (χ2v) is 5.42. The monoisotopic (exact) mass is 284 g/mol. The fourth-order valence-corrected chi connectivity index (χ4v) is 2.91. The zero-order chi connectivity index (χ0) is 14.8. The molecule has 1 aromatic heterocycles. The molecule has 1 saturated heterocycles. The standard InChI is InChI=1S/C16H20N4O/c1-12(21)19-8-3-9-20(11-10-19)15-6-5-14-13(16(15)17)4-2-7-18-14/h2,4-7H,3,8-11,17H2,1H3. The summed E-state index contributed by atoms with van der Waals surface area (Å²) in [5, 5.41) is 0.989. The Hall–Kier alpha value is -2.30. The molecular formula is C16H20N4O. The fraction of sp³-hybridized carbons (Fsp3) is 0.375. The number of nitrogen functional groups attached to an aromatic ring is 1. The van der Waals surface area contributed by atoms with Gasteiger partial charge in [-0.3, -0.25) is 9.78 Å². The Morgan fingerprint density at radius 3 is 2.86 bits per heavy atom. The molecule has 2 heterocycles. The molecule has 0 unspecified atom stereocenters. The van der Waals surface area contributed by atoms with Crippen molar-refractivity contribution in [3.63, 3.8) is 0 Å². The van der Waals surface area contributed by atoms with Crippen LogP contribution in [0.15, 0.2) is 30.5 Å². The third-order valence-electron chi connectivity index (χ3n) is 4.09. The van der Waals surface area contributed by atoms with Crippen LogP contribution in [-0.4, -0.2) is 42.0 Å². The summed E-state index contributed by atoms with van der Waals surface area (Å²) in [5.41, 5.74) is 9.07. The quantitative estimate of drug-likeness (QED) is 0.812. The lowest BCUT2D eigenvalue weighted by Crippen LogP contribution is -2.33. The second kappa shape index (κ2) is 5.60. The van der Waals surface area contributed by atoms with E-state index in [1.807, 2.05) is 29.2 Å². The maximum absolute atomic E-state index is 11.5. The molecule has 1 aliphatic heterocycles. The predicted octanol–water partition coefficient (Wildman–Crippen LogP) is 1.88. The van der Waals surface area contributed by atoms with Gasteiger partial charge < -0.3 is 15.5 Å². The highest BCUT2D eigenvalue weighted by Crippen LogP contribution is 2.31. The number of fused-ring (bicyclic) bond motifs is 1. The average Bonchev–Trinajstić information content (AvgIpc) is 2.74. The van der Waals surface area contributed by atoms with Crippen LogP contribution in [0.3, 0.4) is 0 Å². The van der Waals surface area contributed by atoms with Crippen molar-refractivity contribution < 1.29 is 4.79 Å². The fourth-order valence-electron chi connectivity index (χ4n) is 2.91. The number of nitrogens with two attached hydrogens (primary N) is 1. The van der Waals surface area contributed by atoms with Crippen molar-refractivity contribution in [2.45, 2.75) is 13.3 Å². The molecule has 21 heavy (non-hydrogen) atoms. The van der Waals surface area contributed by atoms with Gasteiger partial charge in [-0.2, -0.15) is 0 Å². The van der Waals surface area contributed by atoms with Gasteiger partial charge in [0.15, 0.2) is 0 Å². The highest BCUT2D eigenvalue weighted by atomic mass is 16.2. The number of rotatable bonds is 1. The summed E-state index contributed by atoms with van der Waals surface area (Å²) in [4.78, 5) is 20.0. The van der Waals surface area contributed by atoms with E-state index in [-0.39, 0.29) is 5.91 Å². The van der Waals surface area contributed by atoms with Gasteiger partial charge in [0.1, 0.15) is 0 Å². The van der Waals surface area contributed by atoms with Crippen LogP contribution in [0, 0.1) is 0 Å². The SMILES string of the molecule is CC(=O)N1CCCN(c2ccc3ncccc3c2N)CC1. The number of hydrogen-bond donors (Lipinski definition) is 1. The molecule has 5 nitrogen and oxygen atoms in total. The zero-order valence-corrected chi connectivity index (χ0v) is 12.2. The normalized spacial score (nSPS) is 16.0. The molecule has 0 bridgehead atoms. The van der Waals surface area contributed by atoms with E-state index in [2.05, 4.69) is 9.88 Å². The summed E-state index contributed by atoms with van der Waals surface area (Å²) in [6.45, 7) is 4.93. The van der Waals surface area contributed by atoms with Crippen LogP contribution < -0.4 is 10.6 Å². The molecule has 1 fully saturated rings. The van der Waals surface area contributed by atoms with Crippen molar-refractivity contribution in [3.8, 4) is 0 Å². The predicted molar refractivity (Wildman–Crippen MR) is 85.2 cm³/mol. The Kier molecular flexibility index (Phi) is 3.64. The highest BCUT2D eigenvalue weighted by molar-refractivity contribution is 5.97. The van der Waals surface area contributed by atoms with Crippen LogP contribution in [0.2, 0.25) is 0 Å². The Morgan fingerprint density at radius 2 is 2.05 bits per heavy atom. The maximum atomic E-state index is 11.5. The summed E-state index contributed by atoms with van der Waals surface area (Å²) in [6, 6.07) is 7.95. The van der Waals surface area contributed by atoms with Crippen LogP contribution in [0.25, 0.3) is 10.9 Å². The zero-order valence-electron chi connectivity index (χ0n) is 12.2. The molecule has 0 saturated carbocycles. The van der Waals surface area contributed by atoms with Gasteiger partial charge in [0.2, 0.25) is 5.91 Å². The molecule has 0 spiro atoms. The van der Waals surface area contributed by atoms with Crippen LogP contribution in [0.4, 0.5) is 11.4 Å². The van der Waals surface area contributed by atoms with Crippen LogP contribution >= 0.6 is 0 Å². The maximum Gasteiger partial charge on any atom is 0.219 e. The number of pyridine rings is 1. The van der Waals surface area contributed by atoms with E-state index < -0.39 is 0 Å². The van der Waals surface area contributed by atoms with Crippen molar-refractivity contribution in [2.24, 2.45) is 0 Å². The number of aromatic nitrogens is 1. The van der Waals surface area contributed by atoms with Gasteiger partial charge in [-0.1, -0.05) is 0 Å². The van der Waals surface area contributed by atoms with Crippen molar-refractivity contribution in [2.75, 3.05) is 36.8 Å². The number of carbonyl (C=O) groups excluding carboxylic acids is 1. The molecule has 0 aliphatic carbocycles. The largest absolute Gasteiger partial charge is 0.396 e. The third-order valence-corrected chi connectivity index (χ3v) is 4.09. The summed E-state index contributed by atoms with van der Waals surface area (Å²) < 4.78 is 0. The number of hydrogen-bond acceptors (Lipinski definition) is 4. The molecule has 5 heteroatoms. The highest BCUT2D eigenvalue weighted by Gasteiger charge is 2.18. The lowest BCUT2D eigenvalue weighted by molar-refractivity contribution is -0.128. The summed E-state index contributed by atoms with van der Waals surface area (Å²) in [6.07, 6.45) is 2.74. The van der Waals surface area contributed by atoms with E-state index in [0.29, 0.717) is 0 Å². The number of anilines is 2. The number of carbonyl (C=O) groups is 1. The minimum absolute atomic E-state index is 0.146. The van der Waals surface area contributed by atoms with Gasteiger partial charge >= 0.3 is 0 Å². The summed E-state index contributed by atoms with van der Waals surface area (Å²) in [7, 11) is 0. The molecule has 1 amide bonds. The average molecular weight is 284 g/mol. The van der Waals surface area contributed by atoms with Crippen molar-refractivity contribution in [1.82, 2.24) is 9.88 Å². The van der Waals surface area contributed by atoms with Gasteiger partial charge in [-0.15, -0.1) is 0 Å². The molecule has 3 rings (SSSR count). The molecule has 2 N–H and O–H groups in total. The molecule has 110 valence electrons. The van der Waals surface area contributed by atoms with Gasteiger partial charge in [0.05, 0.1) is 16.9 Å². The Balaban J connectivity index is 1.90. The van der Waals surface area contributed by atoms with Crippen LogP contribution in [0.1, 0.15) is 13.3 Å². The van der Waals surface area contributed by atoms with E-state index >= 15 is 0 Å². The number of amides is 1. The first-order chi connectivity index (χ1) is 10.2. The third kappa shape index (κ3) is 2.63. The minimum Gasteiger partial charge on any atom is -0.396 e. The van der Waals surface area contributed by atoms with Gasteiger partial charge in [-0.25, -0.2) is 0 Å². The Labute approximate surface area is 124 Å². The lowest BCUT2D eigenvalue weighted by Gasteiger charge is -2.25. The van der Waals surface area contributed by atoms with Gasteiger partial charge in [0, 0.05) is 44.7 Å². The summed E-state index contributed by atoms with van der Waals surface area (Å²) in [5.74, 6) is 0.146. The first-order valence-corrected chi connectivity index (χ1v) is 7.30. The van der Waals surface area contributed by atoms with Crippen LogP contribution in [-0.2, 0) is 4.79 Å². The number of nitrogens with zero attached hydrogens (tertiary/aromatic N) is 3. The molecule has 2 aromatic rings. The van der Waals surface area contributed by atoms with Crippen molar-refractivity contribution in [3.05, 3.63) is 30.5 Å². The Bertz CT molecular complexity index is 670. The Morgan fingerprint density at radius 1 is 1.19 bits per heavy atom. The molecular weight excluding hydrogens is 264 g/mol. The second-order valence-electron chi connectivity index (χ2n) is 5.42. The summed E-state index contributed by atoms with van der Waals surface area (Å²) >= 11 is 0. The minimum atomic E-state index is 0.146. The van der Waals surface area contributed by atoms with Crippen molar-refractivity contribution in [1.29, 1.82) is 0 Å². The van der Waals surface area contributed by atoms with E-state index in [9.17, 15) is 4.79 Å². The smallest absolute Gasteiger partial charge is 0.219 e. The lowest BCUT2D eigenvalue weighted by atomic mass is 10.1. The van der Waals surface area contributed by atoms with Gasteiger partial charge in [-0.05, 0) is 30.7 Å². The first kappa shape index (κ1) is 13.7. The van der Waals surface area contributed by atoms with E-state index in [0.717, 1.165) is 54.9 Å². The van der Waals surface area contributed by atoms with Crippen molar-refractivity contribution >= 4 is 28.2 Å². The number of benzene rings is 1. The van der Waals surface area contributed by atoms with E-state index in [4.69, 9.17) is 5.73 Å². The van der Waals surface area contributed by atoms with Gasteiger partial charge in [0.25, 0.3) is 0 Å². The first-order valence-electron chi connectivity index (χ1n) is 7.30. The molecule has 1 aliphatic rings. The molecule has 0 radical (unpaired) electrons. The van der Waals surface area contributed by atoms with Crippen LogP contribution in [0.5, 0.6) is 0 Å².